The molecule has 1 aliphatic heterocycles. The lowest BCUT2D eigenvalue weighted by Crippen LogP contribution is -2.36. The molecule has 0 bridgehead atoms. The van der Waals surface area contributed by atoms with Crippen LogP contribution in [0.1, 0.15) is 33.3 Å². The minimum atomic E-state index is -0.375. The Labute approximate surface area is 126 Å². The van der Waals surface area contributed by atoms with Crippen molar-refractivity contribution >= 4 is 11.6 Å². The van der Waals surface area contributed by atoms with Crippen LogP contribution in [0.4, 0.5) is 5.69 Å². The lowest BCUT2D eigenvalue weighted by Gasteiger charge is -2.27. The Bertz CT molecular complexity index is 766. The molecule has 1 amide bonds. The summed E-state index contributed by atoms with van der Waals surface area (Å²) in [4.78, 5) is 28.9. The lowest BCUT2D eigenvalue weighted by molar-refractivity contribution is -0.385. The molecule has 0 unspecified atom stereocenters. The second-order valence-corrected chi connectivity index (χ2v) is 5.30. The van der Waals surface area contributed by atoms with Crippen molar-refractivity contribution in [3.8, 4) is 0 Å². The van der Waals surface area contributed by atoms with Gasteiger partial charge in [0.2, 0.25) is 5.76 Å². The Hall–Kier alpha value is -2.70. The number of nitro benzene ring substituents is 1. The molecule has 0 saturated carbocycles. The molecule has 114 valence electrons. The smallest absolute Gasteiger partial charge is 0.291 e. The standard InChI is InChI=1S/C15H15N3O4/c1-9-14(22-10(2)16-9)15(19)17-7-6-12-11(8-17)4-3-5-13(12)18(20)21/h3-5H,6-8H2,1-2H3. The number of fused-ring (bicyclic) bond motifs is 1. The summed E-state index contributed by atoms with van der Waals surface area (Å²) >= 11 is 0. The molecule has 0 N–H and O–H groups in total. The molecule has 1 aliphatic rings. The van der Waals surface area contributed by atoms with Gasteiger partial charge in [-0.15, -0.1) is 0 Å². The number of carbonyl (C=O) groups is 1. The minimum Gasteiger partial charge on any atom is -0.436 e. The zero-order chi connectivity index (χ0) is 15.9. The van der Waals surface area contributed by atoms with Gasteiger partial charge < -0.3 is 9.32 Å². The molecule has 0 atom stereocenters. The van der Waals surface area contributed by atoms with Crippen molar-refractivity contribution in [2.75, 3.05) is 6.54 Å². The van der Waals surface area contributed by atoms with Crippen LogP contribution in [0.2, 0.25) is 0 Å². The fourth-order valence-electron chi connectivity index (χ4n) is 2.81. The van der Waals surface area contributed by atoms with Gasteiger partial charge in [0, 0.05) is 31.6 Å². The Morgan fingerprint density at radius 2 is 2.18 bits per heavy atom. The molecule has 0 saturated heterocycles. The van der Waals surface area contributed by atoms with Crippen LogP contribution in [0.5, 0.6) is 0 Å². The third kappa shape index (κ3) is 2.34. The number of hydrogen-bond donors (Lipinski definition) is 0. The summed E-state index contributed by atoms with van der Waals surface area (Å²) in [6.45, 7) is 4.19. The maximum atomic E-state index is 12.5. The number of oxazole rings is 1. The zero-order valence-electron chi connectivity index (χ0n) is 12.3. The van der Waals surface area contributed by atoms with Crippen LogP contribution < -0.4 is 0 Å². The van der Waals surface area contributed by atoms with E-state index in [9.17, 15) is 14.9 Å². The fourth-order valence-corrected chi connectivity index (χ4v) is 2.81. The number of hydrogen-bond acceptors (Lipinski definition) is 5. The molecule has 1 aromatic heterocycles. The third-order valence-corrected chi connectivity index (χ3v) is 3.82. The average molecular weight is 301 g/mol. The molecule has 0 radical (unpaired) electrons. The first-order valence-electron chi connectivity index (χ1n) is 6.96. The second-order valence-electron chi connectivity index (χ2n) is 5.30. The quantitative estimate of drug-likeness (QED) is 0.627. The Morgan fingerprint density at radius 1 is 1.41 bits per heavy atom. The monoisotopic (exact) mass is 301 g/mol. The highest BCUT2D eigenvalue weighted by Gasteiger charge is 2.29. The summed E-state index contributed by atoms with van der Waals surface area (Å²) in [7, 11) is 0. The normalized spacial score (nSPS) is 13.8. The van der Waals surface area contributed by atoms with Crippen molar-refractivity contribution in [3.05, 3.63) is 56.8 Å². The molecule has 2 aromatic rings. The van der Waals surface area contributed by atoms with Gasteiger partial charge in [-0.3, -0.25) is 14.9 Å². The molecular formula is C15H15N3O4. The lowest BCUT2D eigenvalue weighted by atomic mass is 9.97. The summed E-state index contributed by atoms with van der Waals surface area (Å²) in [5.41, 5.74) is 2.20. The molecule has 0 spiro atoms. The molecule has 0 fully saturated rings. The van der Waals surface area contributed by atoms with Crippen LogP contribution in [0.15, 0.2) is 22.6 Å². The van der Waals surface area contributed by atoms with Gasteiger partial charge in [-0.05, 0) is 18.9 Å². The molecule has 0 aliphatic carbocycles. The number of carbonyl (C=O) groups excluding carboxylic acids is 1. The van der Waals surface area contributed by atoms with Crippen molar-refractivity contribution in [2.45, 2.75) is 26.8 Å². The van der Waals surface area contributed by atoms with E-state index in [1.54, 1.807) is 24.8 Å². The van der Waals surface area contributed by atoms with Crippen LogP contribution in [-0.2, 0) is 13.0 Å². The van der Waals surface area contributed by atoms with E-state index in [1.165, 1.54) is 6.07 Å². The summed E-state index contributed by atoms with van der Waals surface area (Å²) in [6, 6.07) is 4.97. The SMILES string of the molecule is Cc1nc(C)c(C(=O)N2CCc3c(cccc3[N+](=O)[O-])C2)o1. The van der Waals surface area contributed by atoms with Gasteiger partial charge in [0.25, 0.3) is 11.6 Å². The molecular weight excluding hydrogens is 286 g/mol. The summed E-state index contributed by atoms with van der Waals surface area (Å²) in [5.74, 6) is 0.468. The van der Waals surface area contributed by atoms with Gasteiger partial charge in [-0.2, -0.15) is 0 Å². The highest BCUT2D eigenvalue weighted by molar-refractivity contribution is 5.92. The number of amides is 1. The van der Waals surface area contributed by atoms with E-state index in [4.69, 9.17) is 4.42 Å². The van der Waals surface area contributed by atoms with Crippen LogP contribution in [0.25, 0.3) is 0 Å². The van der Waals surface area contributed by atoms with Crippen molar-refractivity contribution in [1.29, 1.82) is 0 Å². The van der Waals surface area contributed by atoms with E-state index < -0.39 is 0 Å². The molecule has 7 nitrogen and oxygen atoms in total. The van der Waals surface area contributed by atoms with Crippen molar-refractivity contribution in [3.63, 3.8) is 0 Å². The second kappa shape index (κ2) is 5.25. The van der Waals surface area contributed by atoms with E-state index in [-0.39, 0.29) is 22.3 Å². The average Bonchev–Trinajstić information content (AvgIpc) is 2.83. The van der Waals surface area contributed by atoms with Gasteiger partial charge in [0.1, 0.15) is 0 Å². The maximum absolute atomic E-state index is 12.5. The third-order valence-electron chi connectivity index (χ3n) is 3.82. The molecule has 2 heterocycles. The Kier molecular flexibility index (Phi) is 3.40. The van der Waals surface area contributed by atoms with Crippen molar-refractivity contribution < 1.29 is 14.1 Å². The number of rotatable bonds is 2. The first-order valence-corrected chi connectivity index (χ1v) is 6.96. The highest BCUT2D eigenvalue weighted by Crippen LogP contribution is 2.28. The number of aryl methyl sites for hydroxylation is 2. The molecule has 7 heteroatoms. The van der Waals surface area contributed by atoms with Crippen LogP contribution in [0.3, 0.4) is 0 Å². The predicted octanol–water partition coefficient (Wildman–Crippen LogP) is 2.40. The number of aromatic nitrogens is 1. The Morgan fingerprint density at radius 3 is 2.82 bits per heavy atom. The summed E-state index contributed by atoms with van der Waals surface area (Å²) < 4.78 is 5.37. The number of nitrogens with zero attached hydrogens (tertiary/aromatic N) is 3. The number of benzene rings is 1. The highest BCUT2D eigenvalue weighted by atomic mass is 16.6. The zero-order valence-corrected chi connectivity index (χ0v) is 12.3. The van der Waals surface area contributed by atoms with Crippen molar-refractivity contribution in [1.82, 2.24) is 9.88 Å². The first kappa shape index (κ1) is 14.2. The summed E-state index contributed by atoms with van der Waals surface area (Å²) in [6.07, 6.45) is 0.463. The van der Waals surface area contributed by atoms with E-state index in [0.717, 1.165) is 5.56 Å². The minimum absolute atomic E-state index is 0.122. The van der Waals surface area contributed by atoms with Crippen LogP contribution in [0, 0.1) is 24.0 Å². The van der Waals surface area contributed by atoms with E-state index in [2.05, 4.69) is 4.98 Å². The predicted molar refractivity (Wildman–Crippen MR) is 77.5 cm³/mol. The topological polar surface area (TPSA) is 89.5 Å². The fraction of sp³-hybridized carbons (Fsp3) is 0.333. The summed E-state index contributed by atoms with van der Waals surface area (Å²) in [5, 5.41) is 11.1. The van der Waals surface area contributed by atoms with E-state index >= 15 is 0 Å². The van der Waals surface area contributed by atoms with Gasteiger partial charge >= 0.3 is 0 Å². The Balaban J connectivity index is 1.89. The van der Waals surface area contributed by atoms with Gasteiger partial charge in [0.05, 0.1) is 10.6 Å². The van der Waals surface area contributed by atoms with Crippen LogP contribution >= 0.6 is 0 Å². The van der Waals surface area contributed by atoms with Crippen molar-refractivity contribution in [2.24, 2.45) is 0 Å². The van der Waals surface area contributed by atoms with E-state index in [0.29, 0.717) is 36.7 Å². The van der Waals surface area contributed by atoms with Gasteiger partial charge in [0.15, 0.2) is 5.89 Å². The molecule has 3 rings (SSSR count). The molecule has 1 aromatic carbocycles. The number of nitro groups is 1. The van der Waals surface area contributed by atoms with Crippen LogP contribution in [-0.4, -0.2) is 27.3 Å². The first-order chi connectivity index (χ1) is 10.5. The van der Waals surface area contributed by atoms with Gasteiger partial charge in [-0.25, -0.2) is 4.98 Å². The van der Waals surface area contributed by atoms with Gasteiger partial charge in [-0.1, -0.05) is 12.1 Å². The van der Waals surface area contributed by atoms with E-state index in [1.807, 2.05) is 6.07 Å². The largest absolute Gasteiger partial charge is 0.436 e. The molecule has 22 heavy (non-hydrogen) atoms. The maximum Gasteiger partial charge on any atom is 0.291 e.